The third-order valence-corrected chi connectivity index (χ3v) is 4.04. The van der Waals surface area contributed by atoms with E-state index in [1.807, 2.05) is 0 Å². The van der Waals surface area contributed by atoms with Crippen molar-refractivity contribution in [1.29, 1.82) is 0 Å². The van der Waals surface area contributed by atoms with Crippen molar-refractivity contribution in [3.63, 3.8) is 0 Å². The van der Waals surface area contributed by atoms with E-state index in [4.69, 9.17) is 9.94 Å². The van der Waals surface area contributed by atoms with Gasteiger partial charge in [0.15, 0.2) is 11.3 Å². The van der Waals surface area contributed by atoms with Gasteiger partial charge in [-0.05, 0) is 17.9 Å². The average Bonchev–Trinajstić information content (AvgIpc) is 2.87. The van der Waals surface area contributed by atoms with E-state index in [1.54, 1.807) is 12.3 Å². The van der Waals surface area contributed by atoms with Gasteiger partial charge in [-0.2, -0.15) is 0 Å². The number of pyridine rings is 1. The van der Waals surface area contributed by atoms with Crippen molar-refractivity contribution < 1.29 is 24.6 Å². The van der Waals surface area contributed by atoms with Crippen molar-refractivity contribution in [3.8, 4) is 5.75 Å². The van der Waals surface area contributed by atoms with Crippen LogP contribution in [0.1, 0.15) is 15.9 Å². The molecular formula is C14H14N2O6S. The number of nitrogens with one attached hydrogen (secondary N) is 1. The number of aryl methyl sites for hydroxylation is 1. The highest BCUT2D eigenvalue weighted by molar-refractivity contribution is 7.17. The summed E-state index contributed by atoms with van der Waals surface area (Å²) in [6, 6.07) is 0. The quantitative estimate of drug-likeness (QED) is 0.660. The van der Waals surface area contributed by atoms with E-state index in [2.05, 4.69) is 11.9 Å². The molecule has 2 heterocycles. The fourth-order valence-electron chi connectivity index (χ4n) is 1.98. The summed E-state index contributed by atoms with van der Waals surface area (Å²) in [5.74, 6) is -2.75. The van der Waals surface area contributed by atoms with Crippen LogP contribution in [0.15, 0.2) is 22.8 Å². The number of fused-ring (bicyclic) bond motifs is 1. The normalized spacial score (nSPS) is 10.5. The number of amides is 1. The van der Waals surface area contributed by atoms with Crippen molar-refractivity contribution >= 4 is 33.4 Å². The highest BCUT2D eigenvalue weighted by atomic mass is 32.1. The Morgan fingerprint density at radius 2 is 2.22 bits per heavy atom. The zero-order chi connectivity index (χ0) is 17.1. The molecule has 9 heteroatoms. The van der Waals surface area contributed by atoms with E-state index in [0.29, 0.717) is 15.8 Å². The number of carbonyl (C=O) groups is 2. The van der Waals surface area contributed by atoms with Gasteiger partial charge in [-0.1, -0.05) is 12.7 Å². The highest BCUT2D eigenvalue weighted by Crippen LogP contribution is 2.33. The van der Waals surface area contributed by atoms with Gasteiger partial charge in [0, 0.05) is 0 Å². The van der Waals surface area contributed by atoms with Crippen LogP contribution in [-0.2, 0) is 4.79 Å². The molecule has 0 aliphatic rings. The molecule has 2 aromatic rings. The predicted molar refractivity (Wildman–Crippen MR) is 84.1 cm³/mol. The molecule has 0 radical (unpaired) electrons. The first-order chi connectivity index (χ1) is 10.9. The first kappa shape index (κ1) is 16.6. The lowest BCUT2D eigenvalue weighted by Crippen LogP contribution is -2.37. The van der Waals surface area contributed by atoms with Crippen molar-refractivity contribution in [3.05, 3.63) is 39.5 Å². The molecule has 3 N–H and O–H groups in total. The lowest BCUT2D eigenvalue weighted by atomic mass is 10.2. The zero-order valence-electron chi connectivity index (χ0n) is 12.2. The van der Waals surface area contributed by atoms with Crippen LogP contribution in [0.4, 0.5) is 0 Å². The number of aromatic nitrogens is 1. The number of nitrogens with zero attached hydrogens (tertiary/aromatic N) is 1. The van der Waals surface area contributed by atoms with Crippen LogP contribution in [0.5, 0.6) is 5.75 Å². The third kappa shape index (κ3) is 3.04. The van der Waals surface area contributed by atoms with E-state index < -0.39 is 35.3 Å². The van der Waals surface area contributed by atoms with Gasteiger partial charge in [-0.3, -0.25) is 14.4 Å². The number of aromatic hydroxyl groups is 1. The molecule has 0 fully saturated rings. The molecule has 0 saturated heterocycles. The smallest absolute Gasteiger partial charge is 0.322 e. The molecule has 2 aromatic heterocycles. The van der Waals surface area contributed by atoms with Gasteiger partial charge >= 0.3 is 5.97 Å². The topological polar surface area (TPSA) is 118 Å². The van der Waals surface area contributed by atoms with Gasteiger partial charge in [0.2, 0.25) is 0 Å². The number of aliphatic carboxylic acids is 1. The Labute approximate surface area is 134 Å². The Morgan fingerprint density at radius 3 is 2.83 bits per heavy atom. The van der Waals surface area contributed by atoms with Crippen molar-refractivity contribution in [1.82, 2.24) is 10.0 Å². The number of hydrogen-bond acceptors (Lipinski definition) is 6. The van der Waals surface area contributed by atoms with E-state index in [0.717, 1.165) is 16.1 Å². The van der Waals surface area contributed by atoms with E-state index in [9.17, 15) is 19.5 Å². The van der Waals surface area contributed by atoms with Crippen LogP contribution < -0.4 is 15.7 Å². The van der Waals surface area contributed by atoms with Gasteiger partial charge in [0.1, 0.15) is 18.7 Å². The number of hydrogen-bond donors (Lipinski definition) is 3. The van der Waals surface area contributed by atoms with Crippen LogP contribution in [0.3, 0.4) is 0 Å². The summed E-state index contributed by atoms with van der Waals surface area (Å²) in [5.41, 5.74) is -0.390. The molecule has 0 spiro atoms. The van der Waals surface area contributed by atoms with Gasteiger partial charge < -0.3 is 20.4 Å². The molecule has 23 heavy (non-hydrogen) atoms. The van der Waals surface area contributed by atoms with Crippen LogP contribution >= 0.6 is 11.3 Å². The molecule has 0 saturated carbocycles. The summed E-state index contributed by atoms with van der Waals surface area (Å²) in [6.45, 7) is 4.56. The number of carboxylic acids is 1. The molecule has 122 valence electrons. The van der Waals surface area contributed by atoms with Gasteiger partial charge in [0.05, 0.1) is 4.70 Å². The second-order valence-electron chi connectivity index (χ2n) is 4.58. The van der Waals surface area contributed by atoms with Crippen LogP contribution in [0.25, 0.3) is 10.2 Å². The van der Waals surface area contributed by atoms with Crippen molar-refractivity contribution in [2.45, 2.75) is 6.92 Å². The molecule has 2 rings (SSSR count). The lowest BCUT2D eigenvalue weighted by Gasteiger charge is -2.13. The standard InChI is InChI=1S/C14H14N2O6S/c1-3-4-22-16-10-7(2)6-23-12(10)11(19)9(14(16)21)13(20)15-5-8(17)18/h3,6,19H,1,4-5H2,2H3,(H,15,20)(H,17,18). The summed E-state index contributed by atoms with van der Waals surface area (Å²) in [4.78, 5) is 40.4. The minimum atomic E-state index is -1.27. The lowest BCUT2D eigenvalue weighted by molar-refractivity contribution is -0.135. The summed E-state index contributed by atoms with van der Waals surface area (Å²) < 4.78 is 1.21. The van der Waals surface area contributed by atoms with Crippen LogP contribution in [-0.4, -0.2) is 40.0 Å². The Balaban J connectivity index is 2.65. The number of thiophene rings is 1. The first-order valence-electron chi connectivity index (χ1n) is 6.48. The molecule has 1 amide bonds. The second-order valence-corrected chi connectivity index (χ2v) is 5.46. The molecule has 0 aromatic carbocycles. The molecule has 0 aliphatic heterocycles. The fourth-order valence-corrected chi connectivity index (χ4v) is 2.95. The third-order valence-electron chi connectivity index (χ3n) is 2.94. The van der Waals surface area contributed by atoms with Crippen LogP contribution in [0.2, 0.25) is 0 Å². The first-order valence-corrected chi connectivity index (χ1v) is 7.36. The maximum Gasteiger partial charge on any atom is 0.322 e. The number of rotatable bonds is 6. The highest BCUT2D eigenvalue weighted by Gasteiger charge is 2.25. The largest absolute Gasteiger partial charge is 0.505 e. The van der Waals surface area contributed by atoms with E-state index >= 15 is 0 Å². The van der Waals surface area contributed by atoms with Gasteiger partial charge in [-0.15, -0.1) is 16.1 Å². The molecule has 0 atom stereocenters. The summed E-state index contributed by atoms with van der Waals surface area (Å²) in [6.07, 6.45) is 1.43. The maximum atomic E-state index is 12.5. The maximum absolute atomic E-state index is 12.5. The average molecular weight is 338 g/mol. The summed E-state index contributed by atoms with van der Waals surface area (Å²) in [5, 5.41) is 22.6. The van der Waals surface area contributed by atoms with Crippen molar-refractivity contribution in [2.24, 2.45) is 0 Å². The number of carbonyl (C=O) groups excluding carboxylic acids is 1. The minimum Gasteiger partial charge on any atom is -0.505 e. The van der Waals surface area contributed by atoms with Crippen molar-refractivity contribution in [2.75, 3.05) is 13.2 Å². The Kier molecular flexibility index (Phi) is 4.70. The predicted octanol–water partition coefficient (Wildman–Crippen LogP) is 0.506. The van der Waals surface area contributed by atoms with Crippen LogP contribution in [0, 0.1) is 6.92 Å². The monoisotopic (exact) mass is 338 g/mol. The molecule has 8 nitrogen and oxygen atoms in total. The second kappa shape index (κ2) is 6.53. The number of carboxylic acid groups (broad SMARTS) is 1. The SMILES string of the molecule is C=CCOn1c(=O)c(C(=O)NCC(=O)O)c(O)c2scc(C)c21. The van der Waals surface area contributed by atoms with E-state index in [1.165, 1.54) is 6.08 Å². The van der Waals surface area contributed by atoms with Gasteiger partial charge in [-0.25, -0.2) is 0 Å². The molecule has 0 aliphatic carbocycles. The van der Waals surface area contributed by atoms with Gasteiger partial charge in [0.25, 0.3) is 11.5 Å². The Morgan fingerprint density at radius 1 is 1.52 bits per heavy atom. The minimum absolute atomic E-state index is 0.0191. The Bertz CT molecular complexity index is 851. The van der Waals surface area contributed by atoms with E-state index in [-0.39, 0.29) is 6.61 Å². The Hall–Kier alpha value is -2.81. The summed E-state index contributed by atoms with van der Waals surface area (Å²) in [7, 11) is 0. The zero-order valence-corrected chi connectivity index (χ0v) is 13.0. The fraction of sp³-hybridized carbons (Fsp3) is 0.214. The summed E-state index contributed by atoms with van der Waals surface area (Å²) >= 11 is 1.14. The molecule has 0 unspecified atom stereocenters. The molecular weight excluding hydrogens is 324 g/mol. The molecule has 0 bridgehead atoms.